The van der Waals surface area contributed by atoms with Gasteiger partial charge in [-0.2, -0.15) is 0 Å². The van der Waals surface area contributed by atoms with Crippen LogP contribution in [0.3, 0.4) is 0 Å². The van der Waals surface area contributed by atoms with Gasteiger partial charge in [-0.1, -0.05) is 32.0 Å². The van der Waals surface area contributed by atoms with Crippen molar-refractivity contribution in [2.45, 2.75) is 70.1 Å². The maximum atomic E-state index is 13.2. The molecule has 14 nitrogen and oxygen atoms in total. The lowest BCUT2D eigenvalue weighted by molar-refractivity contribution is -0.142. The van der Waals surface area contributed by atoms with Crippen molar-refractivity contribution in [1.82, 2.24) is 20.9 Å². The number of benzene rings is 1. The van der Waals surface area contributed by atoms with E-state index in [1.165, 1.54) is 0 Å². The van der Waals surface area contributed by atoms with Crippen LogP contribution in [0.2, 0.25) is 0 Å². The molecule has 40 heavy (non-hydrogen) atoms. The second-order valence-corrected chi connectivity index (χ2v) is 9.79. The van der Waals surface area contributed by atoms with E-state index in [9.17, 15) is 33.9 Å². The number of nitrogens with two attached hydrogens (primary N) is 2. The molecule has 1 aromatic carbocycles. The van der Waals surface area contributed by atoms with Crippen LogP contribution in [0.25, 0.3) is 10.9 Å². The van der Waals surface area contributed by atoms with Crippen molar-refractivity contribution < 1.29 is 39.0 Å². The molecule has 4 atom stereocenters. The van der Waals surface area contributed by atoms with Gasteiger partial charge in [-0.25, -0.2) is 4.79 Å². The summed E-state index contributed by atoms with van der Waals surface area (Å²) in [6.45, 7) is 3.38. The lowest BCUT2D eigenvalue weighted by Crippen LogP contribution is -2.57. The first-order valence-corrected chi connectivity index (χ1v) is 12.7. The van der Waals surface area contributed by atoms with Crippen LogP contribution in [0.15, 0.2) is 30.5 Å². The van der Waals surface area contributed by atoms with Gasteiger partial charge in [-0.3, -0.25) is 24.0 Å². The van der Waals surface area contributed by atoms with E-state index in [0.29, 0.717) is 5.56 Å². The number of hydrogen-bond donors (Lipinski definition) is 8. The van der Waals surface area contributed by atoms with E-state index in [2.05, 4.69) is 20.9 Å². The van der Waals surface area contributed by atoms with Crippen LogP contribution in [-0.2, 0) is 35.2 Å². The highest BCUT2D eigenvalue weighted by molar-refractivity contribution is 5.95. The summed E-state index contributed by atoms with van der Waals surface area (Å²) in [4.78, 5) is 76.3. The monoisotopic (exact) mass is 560 g/mol. The molecule has 0 fully saturated rings. The molecule has 0 saturated carbocycles. The average molecular weight is 561 g/mol. The van der Waals surface area contributed by atoms with Crippen LogP contribution >= 0.6 is 0 Å². The number of nitrogens with one attached hydrogen (secondary N) is 4. The van der Waals surface area contributed by atoms with E-state index in [4.69, 9.17) is 16.6 Å². The van der Waals surface area contributed by atoms with Gasteiger partial charge in [-0.05, 0) is 30.4 Å². The van der Waals surface area contributed by atoms with Gasteiger partial charge in [0, 0.05) is 36.4 Å². The summed E-state index contributed by atoms with van der Waals surface area (Å²) in [5.74, 6) is -6.08. The molecule has 0 saturated heterocycles. The Hall–Kier alpha value is -4.46. The standard InChI is InChI=1S/C26H36N6O8/c1-13(2)22(28)25(38)31-18(8-10-21(34)35)23(36)30-17(7-9-20(27)33)24(37)32-19(26(39)40)11-14-12-29-16-6-4-3-5-15(14)16/h3-6,12-13,17-19,22,29H,7-11,28H2,1-2H3,(H2,27,33)(H,30,36)(H,31,38)(H,32,37)(H,34,35)(H,39,40). The van der Waals surface area contributed by atoms with Gasteiger partial charge in [0.2, 0.25) is 23.6 Å². The Balaban J connectivity index is 2.22. The fraction of sp³-hybridized carbons (Fsp3) is 0.462. The minimum atomic E-state index is -1.41. The summed E-state index contributed by atoms with van der Waals surface area (Å²) in [6, 6.07) is 2.09. The number of H-pyrrole nitrogens is 1. The van der Waals surface area contributed by atoms with Gasteiger partial charge in [0.25, 0.3) is 0 Å². The summed E-state index contributed by atoms with van der Waals surface area (Å²) in [7, 11) is 0. The van der Waals surface area contributed by atoms with E-state index < -0.39 is 66.2 Å². The van der Waals surface area contributed by atoms with Gasteiger partial charge in [0.1, 0.15) is 18.1 Å². The second-order valence-electron chi connectivity index (χ2n) is 9.79. The van der Waals surface area contributed by atoms with Crippen molar-refractivity contribution in [2.75, 3.05) is 0 Å². The quantitative estimate of drug-likeness (QED) is 0.130. The van der Waals surface area contributed by atoms with E-state index in [-0.39, 0.29) is 31.6 Å². The fourth-order valence-corrected chi connectivity index (χ4v) is 3.93. The molecule has 4 unspecified atom stereocenters. The third-order valence-corrected chi connectivity index (χ3v) is 6.33. The zero-order valence-electron chi connectivity index (χ0n) is 22.3. The van der Waals surface area contributed by atoms with Crippen LogP contribution in [0.4, 0.5) is 0 Å². The molecule has 2 rings (SSSR count). The van der Waals surface area contributed by atoms with Crippen molar-refractivity contribution >= 4 is 46.5 Å². The smallest absolute Gasteiger partial charge is 0.326 e. The zero-order chi connectivity index (χ0) is 30.0. The van der Waals surface area contributed by atoms with Gasteiger partial charge < -0.3 is 42.6 Å². The number of carboxylic acid groups (broad SMARTS) is 2. The maximum absolute atomic E-state index is 13.2. The number of fused-ring (bicyclic) bond motifs is 1. The van der Waals surface area contributed by atoms with E-state index in [1.54, 1.807) is 32.2 Å². The molecule has 1 aromatic heterocycles. The van der Waals surface area contributed by atoms with E-state index >= 15 is 0 Å². The highest BCUT2D eigenvalue weighted by atomic mass is 16.4. The maximum Gasteiger partial charge on any atom is 0.326 e. The molecule has 14 heteroatoms. The number of hydrogen-bond acceptors (Lipinski definition) is 7. The number of rotatable bonds is 16. The molecule has 0 bridgehead atoms. The minimum absolute atomic E-state index is 0.0774. The normalized spacial score (nSPS) is 14.1. The number of carbonyl (C=O) groups is 6. The fourth-order valence-electron chi connectivity index (χ4n) is 3.93. The Labute approximate surface area is 230 Å². The summed E-state index contributed by atoms with van der Waals surface area (Å²) in [5.41, 5.74) is 12.5. The first-order valence-electron chi connectivity index (χ1n) is 12.7. The van der Waals surface area contributed by atoms with Gasteiger partial charge in [-0.15, -0.1) is 0 Å². The number of aromatic amines is 1. The van der Waals surface area contributed by atoms with E-state index in [0.717, 1.165) is 10.9 Å². The number of para-hydroxylation sites is 1. The van der Waals surface area contributed by atoms with Crippen LogP contribution < -0.4 is 27.4 Å². The van der Waals surface area contributed by atoms with Crippen molar-refractivity contribution in [3.05, 3.63) is 36.0 Å². The number of primary amides is 1. The topological polar surface area (TPSA) is 247 Å². The minimum Gasteiger partial charge on any atom is -0.481 e. The molecule has 0 aliphatic carbocycles. The number of aliphatic carboxylic acids is 2. The van der Waals surface area contributed by atoms with Crippen molar-refractivity contribution in [3.8, 4) is 0 Å². The Morgan fingerprint density at radius 1 is 0.850 bits per heavy atom. The Morgan fingerprint density at radius 3 is 1.95 bits per heavy atom. The average Bonchev–Trinajstić information content (AvgIpc) is 3.29. The largest absolute Gasteiger partial charge is 0.481 e. The predicted octanol–water partition coefficient (Wildman–Crippen LogP) is -0.637. The second kappa shape index (κ2) is 14.6. The summed E-state index contributed by atoms with van der Waals surface area (Å²) < 4.78 is 0. The molecule has 10 N–H and O–H groups in total. The van der Waals surface area contributed by atoms with Gasteiger partial charge in [0.05, 0.1) is 6.04 Å². The molecule has 0 spiro atoms. The third-order valence-electron chi connectivity index (χ3n) is 6.33. The molecular formula is C26H36N6O8. The number of carbonyl (C=O) groups excluding carboxylic acids is 4. The molecule has 1 heterocycles. The summed E-state index contributed by atoms with van der Waals surface area (Å²) >= 11 is 0. The van der Waals surface area contributed by atoms with Crippen LogP contribution in [0.5, 0.6) is 0 Å². The number of aromatic nitrogens is 1. The summed E-state index contributed by atoms with van der Waals surface area (Å²) in [5, 5.41) is 26.8. The third kappa shape index (κ3) is 9.38. The van der Waals surface area contributed by atoms with Crippen LogP contribution in [0.1, 0.15) is 45.1 Å². The van der Waals surface area contributed by atoms with Crippen LogP contribution in [0, 0.1) is 5.92 Å². The molecular weight excluding hydrogens is 524 g/mol. The Bertz CT molecular complexity index is 1240. The van der Waals surface area contributed by atoms with Gasteiger partial charge >= 0.3 is 11.9 Å². The molecule has 4 amide bonds. The number of amides is 4. The molecule has 218 valence electrons. The first kappa shape index (κ1) is 31.8. The van der Waals surface area contributed by atoms with Crippen molar-refractivity contribution in [1.29, 1.82) is 0 Å². The molecule has 2 aromatic rings. The first-order chi connectivity index (χ1) is 18.8. The Kier molecular flexibility index (Phi) is 11.6. The number of carboxylic acids is 2. The zero-order valence-corrected chi connectivity index (χ0v) is 22.3. The highest BCUT2D eigenvalue weighted by Crippen LogP contribution is 2.19. The van der Waals surface area contributed by atoms with E-state index in [1.807, 2.05) is 12.1 Å². The van der Waals surface area contributed by atoms with Crippen LogP contribution in [-0.4, -0.2) is 74.9 Å². The molecule has 0 aliphatic rings. The predicted molar refractivity (Wildman–Crippen MR) is 144 cm³/mol. The lowest BCUT2D eigenvalue weighted by atomic mass is 10.0. The SMILES string of the molecule is CC(C)C(N)C(=O)NC(CCC(=O)O)C(=O)NC(CCC(N)=O)C(=O)NC(Cc1c[nH]c2ccccc12)C(=O)O. The van der Waals surface area contributed by atoms with Crippen molar-refractivity contribution in [3.63, 3.8) is 0 Å². The summed E-state index contributed by atoms with van der Waals surface area (Å²) in [6.07, 6.45) is 0.197. The van der Waals surface area contributed by atoms with Crippen molar-refractivity contribution in [2.24, 2.45) is 17.4 Å². The highest BCUT2D eigenvalue weighted by Gasteiger charge is 2.31. The molecule has 0 aliphatic heterocycles. The Morgan fingerprint density at radius 2 is 1.40 bits per heavy atom. The van der Waals surface area contributed by atoms with Gasteiger partial charge in [0.15, 0.2) is 0 Å². The molecule has 0 radical (unpaired) electrons. The lowest BCUT2D eigenvalue weighted by Gasteiger charge is -2.25.